The van der Waals surface area contributed by atoms with Gasteiger partial charge in [-0.25, -0.2) is 4.98 Å². The van der Waals surface area contributed by atoms with Crippen molar-refractivity contribution in [2.75, 3.05) is 6.54 Å². The quantitative estimate of drug-likeness (QED) is 0.712. The zero-order valence-electron chi connectivity index (χ0n) is 15.5. The van der Waals surface area contributed by atoms with Crippen LogP contribution < -0.4 is 10.7 Å². The monoisotopic (exact) mass is 409 g/mol. The van der Waals surface area contributed by atoms with Crippen molar-refractivity contribution in [3.8, 4) is 0 Å². The Morgan fingerprint density at radius 3 is 2.54 bits per heavy atom. The number of thiazole rings is 1. The van der Waals surface area contributed by atoms with Crippen molar-refractivity contribution in [2.45, 2.75) is 33.5 Å². The van der Waals surface area contributed by atoms with E-state index in [1.165, 1.54) is 17.4 Å². The summed E-state index contributed by atoms with van der Waals surface area (Å²) < 4.78 is 41.5. The molecule has 148 valence electrons. The van der Waals surface area contributed by atoms with Crippen LogP contribution in [-0.4, -0.2) is 22.0 Å². The number of benzene rings is 1. The van der Waals surface area contributed by atoms with Crippen molar-refractivity contribution in [3.63, 3.8) is 0 Å². The van der Waals surface area contributed by atoms with Crippen molar-refractivity contribution in [1.29, 1.82) is 0 Å². The molecule has 0 aliphatic heterocycles. The number of nitrogens with one attached hydrogen (secondary N) is 1. The second-order valence-electron chi connectivity index (χ2n) is 6.47. The molecule has 5 nitrogen and oxygen atoms in total. The Morgan fingerprint density at radius 2 is 1.93 bits per heavy atom. The third-order valence-corrected chi connectivity index (χ3v) is 5.36. The molecule has 2 aromatic heterocycles. The Bertz CT molecular complexity index is 1120. The van der Waals surface area contributed by atoms with E-state index in [0.29, 0.717) is 16.6 Å². The first-order chi connectivity index (χ1) is 13.1. The number of amides is 1. The summed E-state index contributed by atoms with van der Waals surface area (Å²) in [6, 6.07) is 5.33. The second-order valence-corrected chi connectivity index (χ2v) is 7.67. The van der Waals surface area contributed by atoms with Gasteiger partial charge in [0.25, 0.3) is 5.91 Å². The van der Waals surface area contributed by atoms with Crippen LogP contribution in [0.15, 0.2) is 29.1 Å². The zero-order chi connectivity index (χ0) is 20.6. The van der Waals surface area contributed by atoms with E-state index in [4.69, 9.17) is 0 Å². The molecule has 1 aromatic carbocycles. The molecule has 9 heteroatoms. The van der Waals surface area contributed by atoms with Crippen molar-refractivity contribution < 1.29 is 18.0 Å². The molecule has 3 aromatic rings. The van der Waals surface area contributed by atoms with E-state index >= 15 is 0 Å². The van der Waals surface area contributed by atoms with Crippen LogP contribution in [0.2, 0.25) is 0 Å². The summed E-state index contributed by atoms with van der Waals surface area (Å²) in [7, 11) is 0. The average Bonchev–Trinajstić information content (AvgIpc) is 2.94. The number of nitrogens with zero attached hydrogens (tertiary/aromatic N) is 2. The number of pyridine rings is 1. The van der Waals surface area contributed by atoms with E-state index < -0.39 is 17.3 Å². The molecular weight excluding hydrogens is 391 g/mol. The molecule has 0 saturated heterocycles. The van der Waals surface area contributed by atoms with E-state index in [1.54, 1.807) is 32.9 Å². The van der Waals surface area contributed by atoms with Crippen molar-refractivity contribution in [2.24, 2.45) is 0 Å². The molecule has 0 saturated carbocycles. The highest BCUT2D eigenvalue weighted by Gasteiger charge is 2.35. The van der Waals surface area contributed by atoms with E-state index in [0.717, 1.165) is 15.1 Å². The van der Waals surface area contributed by atoms with Crippen LogP contribution >= 0.6 is 11.3 Å². The van der Waals surface area contributed by atoms with E-state index in [2.05, 4.69) is 10.3 Å². The number of hydrogen-bond donors (Lipinski definition) is 1. The molecule has 0 aliphatic rings. The largest absolute Gasteiger partial charge is 0.431 e. The van der Waals surface area contributed by atoms with Gasteiger partial charge in [-0.1, -0.05) is 11.6 Å². The minimum Gasteiger partial charge on any atom is -0.349 e. The zero-order valence-corrected chi connectivity index (χ0v) is 16.3. The fourth-order valence-electron chi connectivity index (χ4n) is 3.07. The highest BCUT2D eigenvalue weighted by atomic mass is 32.1. The summed E-state index contributed by atoms with van der Waals surface area (Å²) in [5.41, 5.74) is -0.167. The topological polar surface area (TPSA) is 64.0 Å². The van der Waals surface area contributed by atoms with Crippen molar-refractivity contribution in [1.82, 2.24) is 14.9 Å². The molecule has 0 fully saturated rings. The van der Waals surface area contributed by atoms with Gasteiger partial charge in [-0.05, 0) is 32.9 Å². The number of carbonyl (C=O) groups is 1. The summed E-state index contributed by atoms with van der Waals surface area (Å²) in [5, 5.41) is 3.59. The van der Waals surface area contributed by atoms with Gasteiger partial charge in [-0.2, -0.15) is 13.2 Å². The number of rotatable bonds is 4. The third kappa shape index (κ3) is 3.94. The Kier molecular flexibility index (Phi) is 5.29. The molecule has 28 heavy (non-hydrogen) atoms. The Labute approximate surface area is 162 Å². The van der Waals surface area contributed by atoms with Gasteiger partial charge < -0.3 is 9.88 Å². The Hall–Kier alpha value is -2.68. The summed E-state index contributed by atoms with van der Waals surface area (Å²) >= 11 is 1.23. The lowest BCUT2D eigenvalue weighted by molar-refractivity contribution is -0.143. The molecule has 0 bridgehead atoms. The number of halogens is 3. The summed E-state index contributed by atoms with van der Waals surface area (Å²) in [5.74, 6) is -0.377. The number of aromatic nitrogens is 2. The van der Waals surface area contributed by atoms with Gasteiger partial charge >= 0.3 is 6.18 Å². The molecule has 1 amide bonds. The van der Waals surface area contributed by atoms with Gasteiger partial charge in [0, 0.05) is 24.5 Å². The summed E-state index contributed by atoms with van der Waals surface area (Å²) in [6.45, 7) is 5.10. The van der Waals surface area contributed by atoms with Gasteiger partial charge in [0.05, 0.1) is 16.2 Å². The molecule has 0 atom stereocenters. The smallest absolute Gasteiger partial charge is 0.349 e. The van der Waals surface area contributed by atoms with Gasteiger partial charge in [0.2, 0.25) is 0 Å². The Morgan fingerprint density at radius 1 is 1.21 bits per heavy atom. The maximum absolute atomic E-state index is 13.5. The first-order valence-corrected chi connectivity index (χ1v) is 9.33. The molecule has 0 radical (unpaired) electrons. The molecule has 0 spiro atoms. The minimum atomic E-state index is -4.69. The molecule has 0 aliphatic carbocycles. The maximum Gasteiger partial charge on any atom is 0.431 e. The highest BCUT2D eigenvalue weighted by molar-refractivity contribution is 7.13. The predicted molar refractivity (Wildman–Crippen MR) is 102 cm³/mol. The van der Waals surface area contributed by atoms with Crippen molar-refractivity contribution in [3.05, 3.63) is 61.3 Å². The van der Waals surface area contributed by atoms with Crippen LogP contribution in [0.25, 0.3) is 10.9 Å². The fourth-order valence-corrected chi connectivity index (χ4v) is 3.91. The van der Waals surface area contributed by atoms with Crippen LogP contribution in [0.3, 0.4) is 0 Å². The summed E-state index contributed by atoms with van der Waals surface area (Å²) in [6.07, 6.45) is -4.69. The van der Waals surface area contributed by atoms with Crippen molar-refractivity contribution >= 4 is 28.1 Å². The van der Waals surface area contributed by atoms with Gasteiger partial charge in [-0.15, -0.1) is 11.3 Å². The number of fused-ring (bicyclic) bond motifs is 1. The first kappa shape index (κ1) is 20.1. The predicted octanol–water partition coefficient (Wildman–Crippen LogP) is 3.83. The average molecular weight is 409 g/mol. The third-order valence-electron chi connectivity index (χ3n) is 4.29. The van der Waals surface area contributed by atoms with Gasteiger partial charge in [0.1, 0.15) is 10.6 Å². The van der Waals surface area contributed by atoms with Crippen LogP contribution in [0, 0.1) is 20.8 Å². The number of aryl methyl sites for hydroxylation is 3. The lowest BCUT2D eigenvalue weighted by Crippen LogP contribution is -2.30. The van der Waals surface area contributed by atoms with Crippen LogP contribution in [0.4, 0.5) is 13.2 Å². The SMILES string of the molecule is Cc1ccc2c(c1)c(=O)cc(C(F)(F)F)n2CCNC(=O)c1sc(C)nc1C. The van der Waals surface area contributed by atoms with Crippen LogP contribution in [0.5, 0.6) is 0 Å². The Balaban J connectivity index is 1.93. The van der Waals surface area contributed by atoms with E-state index in [1.807, 2.05) is 0 Å². The maximum atomic E-state index is 13.5. The second kappa shape index (κ2) is 7.38. The number of alkyl halides is 3. The standard InChI is InChI=1S/C19H18F3N3O2S/c1-10-4-5-14-13(8-10)15(26)9-16(19(20,21)22)25(14)7-6-23-18(27)17-11(2)24-12(3)28-17/h4-5,8-9H,6-7H2,1-3H3,(H,23,27). The van der Waals surface area contributed by atoms with Gasteiger partial charge in [0.15, 0.2) is 5.43 Å². The first-order valence-electron chi connectivity index (χ1n) is 8.51. The molecule has 2 heterocycles. The van der Waals surface area contributed by atoms with E-state index in [9.17, 15) is 22.8 Å². The fraction of sp³-hybridized carbons (Fsp3) is 0.316. The molecule has 1 N–H and O–H groups in total. The lowest BCUT2D eigenvalue weighted by Gasteiger charge is -2.19. The number of hydrogen-bond acceptors (Lipinski definition) is 4. The van der Waals surface area contributed by atoms with Gasteiger partial charge in [-0.3, -0.25) is 9.59 Å². The highest BCUT2D eigenvalue weighted by Crippen LogP contribution is 2.30. The number of carbonyl (C=O) groups excluding carboxylic acids is 1. The summed E-state index contributed by atoms with van der Waals surface area (Å²) in [4.78, 5) is 29.1. The van der Waals surface area contributed by atoms with E-state index in [-0.39, 0.29) is 29.9 Å². The molecule has 3 rings (SSSR count). The minimum absolute atomic E-state index is 0.0237. The van der Waals surface area contributed by atoms with Crippen LogP contribution in [-0.2, 0) is 12.7 Å². The normalized spacial score (nSPS) is 11.8. The van der Waals surface area contributed by atoms with Crippen LogP contribution in [0.1, 0.15) is 31.6 Å². The molecule has 0 unspecified atom stereocenters. The lowest BCUT2D eigenvalue weighted by atomic mass is 10.1. The molecular formula is C19H18F3N3O2S.